The Labute approximate surface area is 162 Å². The molecule has 0 aromatic heterocycles. The summed E-state index contributed by atoms with van der Waals surface area (Å²) < 4.78 is 0. The molecule has 3 rings (SSSR count). The number of carbonyl (C=O) groups is 2. The van der Waals surface area contributed by atoms with Gasteiger partial charge in [0.2, 0.25) is 11.8 Å². The Kier molecular flexibility index (Phi) is 7.47. The predicted molar refractivity (Wildman–Crippen MR) is 105 cm³/mol. The van der Waals surface area contributed by atoms with Crippen molar-refractivity contribution in [2.24, 2.45) is 11.8 Å². The lowest BCUT2D eigenvalue weighted by atomic mass is 9.96. The first kappa shape index (κ1) is 20.7. The van der Waals surface area contributed by atoms with Crippen LogP contribution in [-0.4, -0.2) is 54.8 Å². The molecule has 2 saturated heterocycles. The first-order valence-electron chi connectivity index (χ1n) is 9.33. The van der Waals surface area contributed by atoms with Gasteiger partial charge in [0.25, 0.3) is 0 Å². The molecule has 1 aromatic rings. The molecule has 0 aliphatic carbocycles. The van der Waals surface area contributed by atoms with Crippen molar-refractivity contribution in [1.29, 1.82) is 0 Å². The zero-order chi connectivity index (χ0) is 17.8. The van der Waals surface area contributed by atoms with E-state index < -0.39 is 0 Å². The van der Waals surface area contributed by atoms with E-state index in [9.17, 15) is 9.59 Å². The average Bonchev–Trinajstić information content (AvgIpc) is 2.97. The molecular weight excluding hydrogens is 350 g/mol. The number of carbonyl (C=O) groups excluding carboxylic acids is 2. The standard InChI is InChI=1S/C20H29N3O2.ClH/c1-15-5-7-16(8-6-15)12-23-14-18(10-19(23)24)20(25)22-9-3-4-17(13-22)11-21-2;/h5-8,17-18,21H,3-4,9-14H2,1-2H3;1H. The number of likely N-dealkylation sites (tertiary alicyclic amines) is 2. The summed E-state index contributed by atoms with van der Waals surface area (Å²) in [5.41, 5.74) is 2.34. The lowest BCUT2D eigenvalue weighted by molar-refractivity contribution is -0.137. The van der Waals surface area contributed by atoms with Crippen LogP contribution in [0.25, 0.3) is 0 Å². The van der Waals surface area contributed by atoms with E-state index in [4.69, 9.17) is 0 Å². The number of nitrogens with zero attached hydrogens (tertiary/aromatic N) is 2. The van der Waals surface area contributed by atoms with E-state index in [1.807, 2.05) is 16.8 Å². The van der Waals surface area contributed by atoms with Crippen molar-refractivity contribution in [3.8, 4) is 0 Å². The van der Waals surface area contributed by atoms with E-state index in [1.165, 1.54) is 12.0 Å². The summed E-state index contributed by atoms with van der Waals surface area (Å²) in [6, 6.07) is 8.25. The molecule has 2 unspecified atom stereocenters. The minimum Gasteiger partial charge on any atom is -0.342 e. The number of hydrogen-bond acceptors (Lipinski definition) is 3. The van der Waals surface area contributed by atoms with Gasteiger partial charge in [-0.05, 0) is 44.8 Å². The van der Waals surface area contributed by atoms with Crippen molar-refractivity contribution in [3.63, 3.8) is 0 Å². The summed E-state index contributed by atoms with van der Waals surface area (Å²) in [6.07, 6.45) is 2.59. The molecule has 2 heterocycles. The van der Waals surface area contributed by atoms with Crippen molar-refractivity contribution in [1.82, 2.24) is 15.1 Å². The van der Waals surface area contributed by atoms with E-state index in [2.05, 4.69) is 36.5 Å². The maximum atomic E-state index is 12.9. The predicted octanol–water partition coefficient (Wildman–Crippen LogP) is 2.22. The lowest BCUT2D eigenvalue weighted by Gasteiger charge is -2.34. The van der Waals surface area contributed by atoms with Crippen LogP contribution < -0.4 is 5.32 Å². The van der Waals surface area contributed by atoms with Crippen molar-refractivity contribution in [2.75, 3.05) is 33.2 Å². The molecule has 26 heavy (non-hydrogen) atoms. The topological polar surface area (TPSA) is 52.7 Å². The number of halogens is 1. The van der Waals surface area contributed by atoms with Gasteiger partial charge in [-0.25, -0.2) is 0 Å². The van der Waals surface area contributed by atoms with Gasteiger partial charge in [-0.2, -0.15) is 0 Å². The minimum absolute atomic E-state index is 0. The summed E-state index contributed by atoms with van der Waals surface area (Å²) in [6.45, 7) is 5.82. The number of piperidine rings is 1. The molecule has 2 amide bonds. The van der Waals surface area contributed by atoms with E-state index in [-0.39, 0.29) is 30.1 Å². The monoisotopic (exact) mass is 379 g/mol. The molecule has 0 saturated carbocycles. The highest BCUT2D eigenvalue weighted by molar-refractivity contribution is 5.89. The first-order chi connectivity index (χ1) is 12.1. The molecule has 2 aliphatic heterocycles. The second-order valence-electron chi connectivity index (χ2n) is 7.51. The smallest absolute Gasteiger partial charge is 0.228 e. The highest BCUT2D eigenvalue weighted by atomic mass is 35.5. The van der Waals surface area contributed by atoms with Crippen LogP contribution in [0.15, 0.2) is 24.3 Å². The van der Waals surface area contributed by atoms with E-state index in [0.717, 1.165) is 31.6 Å². The molecule has 5 nitrogen and oxygen atoms in total. The summed E-state index contributed by atoms with van der Waals surface area (Å²) in [5.74, 6) is 0.623. The molecule has 0 spiro atoms. The third kappa shape index (κ3) is 4.98. The highest BCUT2D eigenvalue weighted by Gasteiger charge is 2.37. The quantitative estimate of drug-likeness (QED) is 0.853. The van der Waals surface area contributed by atoms with Crippen LogP contribution in [0.3, 0.4) is 0 Å². The van der Waals surface area contributed by atoms with E-state index >= 15 is 0 Å². The largest absolute Gasteiger partial charge is 0.342 e. The van der Waals surface area contributed by atoms with E-state index in [0.29, 0.717) is 25.4 Å². The zero-order valence-corrected chi connectivity index (χ0v) is 16.6. The average molecular weight is 380 g/mol. The number of rotatable bonds is 5. The van der Waals surface area contributed by atoms with E-state index in [1.54, 1.807) is 0 Å². The number of nitrogens with one attached hydrogen (secondary N) is 1. The minimum atomic E-state index is -0.175. The van der Waals surface area contributed by atoms with Crippen LogP contribution in [0.4, 0.5) is 0 Å². The molecule has 6 heteroatoms. The Bertz CT molecular complexity index is 618. The molecule has 1 aromatic carbocycles. The van der Waals surface area contributed by atoms with Gasteiger partial charge in [0.15, 0.2) is 0 Å². The maximum absolute atomic E-state index is 12.9. The number of hydrogen-bond donors (Lipinski definition) is 1. The maximum Gasteiger partial charge on any atom is 0.228 e. The van der Waals surface area contributed by atoms with Gasteiger partial charge >= 0.3 is 0 Å². The fourth-order valence-corrected chi connectivity index (χ4v) is 3.98. The molecule has 0 radical (unpaired) electrons. The molecule has 2 aliphatic rings. The van der Waals surface area contributed by atoms with Crippen molar-refractivity contribution in [3.05, 3.63) is 35.4 Å². The van der Waals surface area contributed by atoms with Gasteiger partial charge < -0.3 is 15.1 Å². The van der Waals surface area contributed by atoms with Crippen LogP contribution >= 0.6 is 12.4 Å². The SMILES string of the molecule is CNCC1CCCN(C(=O)C2CC(=O)N(Cc3ccc(C)cc3)C2)C1.Cl. The molecule has 2 atom stereocenters. The number of benzene rings is 1. The Balaban J connectivity index is 0.00000243. The fraction of sp³-hybridized carbons (Fsp3) is 0.600. The first-order valence-corrected chi connectivity index (χ1v) is 9.33. The fourth-order valence-electron chi connectivity index (χ4n) is 3.98. The van der Waals surface area contributed by atoms with Crippen molar-refractivity contribution in [2.45, 2.75) is 32.7 Å². The normalized spacial score (nSPS) is 23.1. The highest BCUT2D eigenvalue weighted by Crippen LogP contribution is 2.25. The van der Waals surface area contributed by atoms with Crippen molar-refractivity contribution >= 4 is 24.2 Å². The van der Waals surface area contributed by atoms with Gasteiger partial charge in [0.05, 0.1) is 5.92 Å². The van der Waals surface area contributed by atoms with Gasteiger partial charge in [-0.3, -0.25) is 9.59 Å². The van der Waals surface area contributed by atoms with Crippen LogP contribution in [0.1, 0.15) is 30.4 Å². The third-order valence-electron chi connectivity index (χ3n) is 5.38. The molecule has 0 bridgehead atoms. The van der Waals surface area contributed by atoms with Crippen LogP contribution in [0.2, 0.25) is 0 Å². The van der Waals surface area contributed by atoms with Crippen molar-refractivity contribution < 1.29 is 9.59 Å². The Morgan fingerprint density at radius 1 is 1.23 bits per heavy atom. The number of aryl methyl sites for hydroxylation is 1. The summed E-state index contributed by atoms with van der Waals surface area (Å²) in [4.78, 5) is 29.0. The molecule has 2 fully saturated rings. The summed E-state index contributed by atoms with van der Waals surface area (Å²) in [7, 11) is 1.96. The second-order valence-corrected chi connectivity index (χ2v) is 7.51. The summed E-state index contributed by atoms with van der Waals surface area (Å²) >= 11 is 0. The van der Waals surface area contributed by atoms with Crippen LogP contribution in [0, 0.1) is 18.8 Å². The third-order valence-corrected chi connectivity index (χ3v) is 5.38. The Morgan fingerprint density at radius 3 is 2.65 bits per heavy atom. The molecular formula is C20H30ClN3O2. The Morgan fingerprint density at radius 2 is 1.96 bits per heavy atom. The van der Waals surface area contributed by atoms with Gasteiger partial charge in [-0.1, -0.05) is 29.8 Å². The van der Waals surface area contributed by atoms with Gasteiger partial charge in [-0.15, -0.1) is 12.4 Å². The zero-order valence-electron chi connectivity index (χ0n) is 15.7. The molecule has 1 N–H and O–H groups in total. The lowest BCUT2D eigenvalue weighted by Crippen LogP contribution is -2.45. The van der Waals surface area contributed by atoms with Crippen LogP contribution in [-0.2, 0) is 16.1 Å². The van der Waals surface area contributed by atoms with Gasteiger partial charge in [0.1, 0.15) is 0 Å². The van der Waals surface area contributed by atoms with Gasteiger partial charge in [0, 0.05) is 32.6 Å². The Hall–Kier alpha value is -1.59. The number of amides is 2. The second kappa shape index (κ2) is 9.38. The van der Waals surface area contributed by atoms with Crippen LogP contribution in [0.5, 0.6) is 0 Å². The summed E-state index contributed by atoms with van der Waals surface area (Å²) in [5, 5.41) is 3.21. The molecule has 144 valence electrons.